The summed E-state index contributed by atoms with van der Waals surface area (Å²) in [4.78, 5) is 4.38. The number of rotatable bonds is 7. The van der Waals surface area contributed by atoms with E-state index in [-0.39, 0.29) is 0 Å². The Balaban J connectivity index is 1.59. The Hall–Kier alpha value is -1.67. The molecule has 0 saturated carbocycles. The van der Waals surface area contributed by atoms with Crippen LogP contribution in [0.15, 0.2) is 48.7 Å². The zero-order chi connectivity index (χ0) is 13.3. The molecule has 1 aromatic carbocycles. The minimum atomic E-state index is 0.873. The minimum absolute atomic E-state index is 0.873. The fourth-order valence-electron chi connectivity index (χ4n) is 2.13. The zero-order valence-corrected chi connectivity index (χ0v) is 11.6. The number of nitrogens with zero attached hydrogens (tertiary/aromatic N) is 1. The predicted molar refractivity (Wildman–Crippen MR) is 80.1 cm³/mol. The van der Waals surface area contributed by atoms with Crippen LogP contribution in [0.5, 0.6) is 0 Å². The lowest BCUT2D eigenvalue weighted by Crippen LogP contribution is -2.16. The van der Waals surface area contributed by atoms with Crippen molar-refractivity contribution in [3.05, 3.63) is 65.5 Å². The molecule has 0 saturated heterocycles. The Morgan fingerprint density at radius 1 is 1.00 bits per heavy atom. The second-order valence-corrected chi connectivity index (χ2v) is 4.89. The van der Waals surface area contributed by atoms with Gasteiger partial charge in [-0.25, -0.2) is 0 Å². The summed E-state index contributed by atoms with van der Waals surface area (Å²) in [5, 5.41) is 3.47. The van der Waals surface area contributed by atoms with E-state index >= 15 is 0 Å². The van der Waals surface area contributed by atoms with E-state index in [0.717, 1.165) is 18.8 Å². The molecule has 0 bridgehead atoms. The van der Waals surface area contributed by atoms with Crippen LogP contribution < -0.4 is 5.32 Å². The number of nitrogens with one attached hydrogen (secondary N) is 1. The van der Waals surface area contributed by atoms with Gasteiger partial charge in [-0.2, -0.15) is 0 Å². The first-order valence-corrected chi connectivity index (χ1v) is 7.01. The van der Waals surface area contributed by atoms with Gasteiger partial charge in [0.15, 0.2) is 0 Å². The predicted octanol–water partition coefficient (Wildman–Crippen LogP) is 3.50. The Morgan fingerprint density at radius 2 is 1.84 bits per heavy atom. The zero-order valence-electron chi connectivity index (χ0n) is 11.6. The molecule has 0 amide bonds. The minimum Gasteiger partial charge on any atom is -0.311 e. The topological polar surface area (TPSA) is 24.9 Å². The first kappa shape index (κ1) is 13.8. The molecular weight excluding hydrogens is 232 g/mol. The van der Waals surface area contributed by atoms with Crippen molar-refractivity contribution in [2.75, 3.05) is 6.54 Å². The van der Waals surface area contributed by atoms with Crippen LogP contribution in [0, 0.1) is 6.92 Å². The lowest BCUT2D eigenvalue weighted by molar-refractivity contribution is 0.615. The molecule has 2 nitrogen and oxygen atoms in total. The summed E-state index contributed by atoms with van der Waals surface area (Å²) in [7, 11) is 0. The average molecular weight is 254 g/mol. The molecule has 1 aromatic heterocycles. The lowest BCUT2D eigenvalue weighted by Gasteiger charge is -2.06. The molecule has 1 N–H and O–H groups in total. The molecule has 0 atom stereocenters. The number of aromatic nitrogens is 1. The van der Waals surface area contributed by atoms with Gasteiger partial charge in [-0.1, -0.05) is 36.4 Å². The summed E-state index contributed by atoms with van der Waals surface area (Å²) in [6, 6.07) is 14.8. The van der Waals surface area contributed by atoms with Gasteiger partial charge in [0, 0.05) is 12.7 Å². The van der Waals surface area contributed by atoms with Crippen molar-refractivity contribution in [2.45, 2.75) is 32.7 Å². The van der Waals surface area contributed by atoms with Gasteiger partial charge in [0.2, 0.25) is 0 Å². The Morgan fingerprint density at radius 3 is 2.63 bits per heavy atom. The van der Waals surface area contributed by atoms with Crippen molar-refractivity contribution in [2.24, 2.45) is 0 Å². The normalized spacial score (nSPS) is 10.6. The van der Waals surface area contributed by atoms with Crippen molar-refractivity contribution in [3.8, 4) is 0 Å². The van der Waals surface area contributed by atoms with E-state index in [0.29, 0.717) is 0 Å². The van der Waals surface area contributed by atoms with E-state index in [2.05, 4.69) is 53.6 Å². The summed E-state index contributed by atoms with van der Waals surface area (Å²) in [5.41, 5.74) is 3.85. The lowest BCUT2D eigenvalue weighted by atomic mass is 10.1. The smallest absolute Gasteiger partial charge is 0.0570 e. The van der Waals surface area contributed by atoms with Crippen molar-refractivity contribution in [1.82, 2.24) is 10.3 Å². The SMILES string of the molecule is Cc1cccnc1CNCCCCc1ccccc1. The van der Waals surface area contributed by atoms with Gasteiger partial charge in [0.1, 0.15) is 0 Å². The van der Waals surface area contributed by atoms with E-state index in [1.54, 1.807) is 0 Å². The molecular formula is C17H22N2. The van der Waals surface area contributed by atoms with Crippen LogP contribution in [0.3, 0.4) is 0 Å². The van der Waals surface area contributed by atoms with Gasteiger partial charge in [-0.05, 0) is 49.9 Å². The largest absolute Gasteiger partial charge is 0.311 e. The maximum atomic E-state index is 4.38. The van der Waals surface area contributed by atoms with Gasteiger partial charge in [0.05, 0.1) is 5.69 Å². The van der Waals surface area contributed by atoms with Gasteiger partial charge in [-0.3, -0.25) is 4.98 Å². The maximum Gasteiger partial charge on any atom is 0.0570 e. The average Bonchev–Trinajstić information content (AvgIpc) is 2.45. The molecule has 0 aliphatic heterocycles. The summed E-state index contributed by atoms with van der Waals surface area (Å²) >= 11 is 0. The van der Waals surface area contributed by atoms with Crippen molar-refractivity contribution >= 4 is 0 Å². The molecule has 0 aliphatic rings. The highest BCUT2D eigenvalue weighted by Gasteiger charge is 1.97. The number of benzene rings is 1. The van der Waals surface area contributed by atoms with Gasteiger partial charge < -0.3 is 5.32 Å². The highest BCUT2D eigenvalue weighted by Crippen LogP contribution is 2.05. The van der Waals surface area contributed by atoms with Crippen molar-refractivity contribution in [1.29, 1.82) is 0 Å². The monoisotopic (exact) mass is 254 g/mol. The van der Waals surface area contributed by atoms with Crippen LogP contribution in [-0.4, -0.2) is 11.5 Å². The Bertz CT molecular complexity index is 480. The van der Waals surface area contributed by atoms with E-state index in [1.807, 2.05) is 12.3 Å². The van der Waals surface area contributed by atoms with E-state index < -0.39 is 0 Å². The maximum absolute atomic E-state index is 4.38. The van der Waals surface area contributed by atoms with Crippen LogP contribution in [0.25, 0.3) is 0 Å². The summed E-state index contributed by atoms with van der Waals surface area (Å²) in [6.07, 6.45) is 5.48. The first-order chi connectivity index (χ1) is 9.36. The third-order valence-corrected chi connectivity index (χ3v) is 3.32. The molecule has 2 aromatic rings. The highest BCUT2D eigenvalue weighted by atomic mass is 14.9. The van der Waals surface area contributed by atoms with Crippen LogP contribution in [-0.2, 0) is 13.0 Å². The number of unbranched alkanes of at least 4 members (excludes halogenated alkanes) is 1. The summed E-state index contributed by atoms with van der Waals surface area (Å²) < 4.78 is 0. The number of hydrogen-bond donors (Lipinski definition) is 1. The van der Waals surface area contributed by atoms with Gasteiger partial charge in [0.25, 0.3) is 0 Å². The number of aryl methyl sites for hydroxylation is 2. The standard InChI is InChI=1S/C17H22N2/c1-15-8-7-13-19-17(15)14-18-12-6-5-11-16-9-3-2-4-10-16/h2-4,7-10,13,18H,5-6,11-12,14H2,1H3. The summed E-state index contributed by atoms with van der Waals surface area (Å²) in [6.45, 7) is 4.04. The van der Waals surface area contributed by atoms with E-state index in [1.165, 1.54) is 30.4 Å². The second-order valence-electron chi connectivity index (χ2n) is 4.89. The Labute approximate surface area is 115 Å². The molecule has 0 aliphatic carbocycles. The molecule has 100 valence electrons. The second kappa shape index (κ2) is 7.70. The first-order valence-electron chi connectivity index (χ1n) is 7.01. The molecule has 0 fully saturated rings. The van der Waals surface area contributed by atoms with Gasteiger partial charge in [-0.15, -0.1) is 0 Å². The van der Waals surface area contributed by atoms with Crippen LogP contribution in [0.4, 0.5) is 0 Å². The molecule has 2 heteroatoms. The van der Waals surface area contributed by atoms with E-state index in [9.17, 15) is 0 Å². The van der Waals surface area contributed by atoms with Crippen LogP contribution >= 0.6 is 0 Å². The Kier molecular flexibility index (Phi) is 5.57. The third kappa shape index (κ3) is 4.84. The fraction of sp³-hybridized carbons (Fsp3) is 0.353. The highest BCUT2D eigenvalue weighted by molar-refractivity contribution is 5.17. The molecule has 19 heavy (non-hydrogen) atoms. The molecule has 0 radical (unpaired) electrons. The summed E-state index contributed by atoms with van der Waals surface area (Å²) in [5.74, 6) is 0. The quantitative estimate of drug-likeness (QED) is 0.765. The van der Waals surface area contributed by atoms with E-state index in [4.69, 9.17) is 0 Å². The van der Waals surface area contributed by atoms with Crippen molar-refractivity contribution < 1.29 is 0 Å². The molecule has 1 heterocycles. The number of hydrogen-bond acceptors (Lipinski definition) is 2. The van der Waals surface area contributed by atoms with Crippen molar-refractivity contribution in [3.63, 3.8) is 0 Å². The van der Waals surface area contributed by atoms with Crippen LogP contribution in [0.1, 0.15) is 29.7 Å². The fourth-order valence-corrected chi connectivity index (χ4v) is 2.13. The van der Waals surface area contributed by atoms with Gasteiger partial charge >= 0.3 is 0 Å². The molecule has 0 unspecified atom stereocenters. The number of pyridine rings is 1. The third-order valence-electron chi connectivity index (χ3n) is 3.32. The molecule has 0 spiro atoms. The van der Waals surface area contributed by atoms with Crippen LogP contribution in [0.2, 0.25) is 0 Å². The molecule has 2 rings (SSSR count).